The van der Waals surface area contributed by atoms with Gasteiger partial charge in [-0.3, -0.25) is 0 Å². The standard InChI is InChI=1S/C12H18ClN/c1-3-10(2)14-9-12-6-4-11(8-13)5-7-12/h4-7,10,14H,3,8-9H2,1-2H3. The molecule has 2 heteroatoms. The van der Waals surface area contributed by atoms with Crippen molar-refractivity contribution in [3.8, 4) is 0 Å². The molecule has 1 atom stereocenters. The summed E-state index contributed by atoms with van der Waals surface area (Å²) in [7, 11) is 0. The molecule has 0 aliphatic carbocycles. The Balaban J connectivity index is 2.43. The minimum atomic E-state index is 0.586. The van der Waals surface area contributed by atoms with Crippen LogP contribution in [0.3, 0.4) is 0 Å². The van der Waals surface area contributed by atoms with E-state index in [4.69, 9.17) is 11.6 Å². The van der Waals surface area contributed by atoms with E-state index in [2.05, 4.69) is 43.4 Å². The van der Waals surface area contributed by atoms with Crippen LogP contribution >= 0.6 is 11.6 Å². The quantitative estimate of drug-likeness (QED) is 0.737. The topological polar surface area (TPSA) is 12.0 Å². The van der Waals surface area contributed by atoms with Crippen molar-refractivity contribution >= 4 is 11.6 Å². The van der Waals surface area contributed by atoms with Crippen LogP contribution in [-0.4, -0.2) is 6.04 Å². The Bertz CT molecular complexity index is 256. The number of hydrogen-bond donors (Lipinski definition) is 1. The summed E-state index contributed by atoms with van der Waals surface area (Å²) in [6.45, 7) is 5.33. The zero-order valence-electron chi connectivity index (χ0n) is 8.89. The number of nitrogens with one attached hydrogen (secondary N) is 1. The van der Waals surface area contributed by atoms with Gasteiger partial charge in [-0.15, -0.1) is 11.6 Å². The lowest BCUT2D eigenvalue weighted by Gasteiger charge is -2.11. The molecule has 0 saturated carbocycles. The molecule has 0 heterocycles. The summed E-state index contributed by atoms with van der Waals surface area (Å²) in [5.74, 6) is 0.596. The molecule has 1 aromatic rings. The predicted octanol–water partition coefficient (Wildman–Crippen LogP) is 3.31. The predicted molar refractivity (Wildman–Crippen MR) is 62.6 cm³/mol. The molecule has 14 heavy (non-hydrogen) atoms. The van der Waals surface area contributed by atoms with Crippen LogP contribution in [0.5, 0.6) is 0 Å². The Morgan fingerprint density at radius 1 is 1.21 bits per heavy atom. The minimum absolute atomic E-state index is 0.586. The molecule has 0 bridgehead atoms. The van der Waals surface area contributed by atoms with Gasteiger partial charge in [0.1, 0.15) is 0 Å². The van der Waals surface area contributed by atoms with Gasteiger partial charge in [0.05, 0.1) is 0 Å². The first-order valence-corrected chi connectivity index (χ1v) is 5.67. The highest BCUT2D eigenvalue weighted by molar-refractivity contribution is 6.17. The third-order valence-corrected chi connectivity index (χ3v) is 2.75. The summed E-state index contributed by atoms with van der Waals surface area (Å²) >= 11 is 5.71. The van der Waals surface area contributed by atoms with Crippen molar-refractivity contribution in [2.45, 2.75) is 38.7 Å². The summed E-state index contributed by atoms with van der Waals surface area (Å²) in [5, 5.41) is 3.45. The normalized spacial score (nSPS) is 12.8. The van der Waals surface area contributed by atoms with E-state index < -0.39 is 0 Å². The fraction of sp³-hybridized carbons (Fsp3) is 0.500. The smallest absolute Gasteiger partial charge is 0.0474 e. The zero-order chi connectivity index (χ0) is 10.4. The number of rotatable bonds is 5. The van der Waals surface area contributed by atoms with Gasteiger partial charge in [0.15, 0.2) is 0 Å². The van der Waals surface area contributed by atoms with E-state index in [1.165, 1.54) is 17.5 Å². The molecule has 0 radical (unpaired) electrons. The molecule has 1 unspecified atom stereocenters. The maximum absolute atomic E-state index is 5.71. The Kier molecular flexibility index (Phi) is 4.99. The molecule has 0 amide bonds. The fourth-order valence-electron chi connectivity index (χ4n) is 1.18. The van der Waals surface area contributed by atoms with Crippen LogP contribution in [0.15, 0.2) is 24.3 Å². The summed E-state index contributed by atoms with van der Waals surface area (Å²) in [4.78, 5) is 0. The molecular weight excluding hydrogens is 194 g/mol. The second-order valence-electron chi connectivity index (χ2n) is 3.64. The summed E-state index contributed by atoms with van der Waals surface area (Å²) in [6.07, 6.45) is 1.17. The van der Waals surface area contributed by atoms with Crippen LogP contribution in [-0.2, 0) is 12.4 Å². The molecule has 0 aromatic heterocycles. The number of halogens is 1. The first-order chi connectivity index (χ1) is 6.76. The van der Waals surface area contributed by atoms with Crippen molar-refractivity contribution in [2.75, 3.05) is 0 Å². The van der Waals surface area contributed by atoms with Crippen LogP contribution < -0.4 is 5.32 Å². The Hall–Kier alpha value is -0.530. The maximum Gasteiger partial charge on any atom is 0.0474 e. The van der Waals surface area contributed by atoms with Gasteiger partial charge in [-0.05, 0) is 24.5 Å². The van der Waals surface area contributed by atoms with Crippen LogP contribution in [0.2, 0.25) is 0 Å². The molecule has 0 saturated heterocycles. The van der Waals surface area contributed by atoms with Crippen molar-refractivity contribution in [3.63, 3.8) is 0 Å². The average molecular weight is 212 g/mol. The molecule has 0 fully saturated rings. The third kappa shape index (κ3) is 3.69. The molecule has 1 nitrogen and oxygen atoms in total. The zero-order valence-corrected chi connectivity index (χ0v) is 9.64. The van der Waals surface area contributed by atoms with Gasteiger partial charge in [-0.1, -0.05) is 31.2 Å². The molecular formula is C12H18ClN. The number of hydrogen-bond acceptors (Lipinski definition) is 1. The van der Waals surface area contributed by atoms with Gasteiger partial charge >= 0.3 is 0 Å². The fourth-order valence-corrected chi connectivity index (χ4v) is 1.36. The highest BCUT2D eigenvalue weighted by Gasteiger charge is 1.98. The van der Waals surface area contributed by atoms with Crippen molar-refractivity contribution in [3.05, 3.63) is 35.4 Å². The van der Waals surface area contributed by atoms with Crippen LogP contribution in [0.1, 0.15) is 31.4 Å². The molecule has 1 aromatic carbocycles. The first-order valence-electron chi connectivity index (χ1n) is 5.13. The maximum atomic E-state index is 5.71. The van der Waals surface area contributed by atoms with Crippen molar-refractivity contribution in [1.82, 2.24) is 5.32 Å². The van der Waals surface area contributed by atoms with Crippen molar-refractivity contribution in [1.29, 1.82) is 0 Å². The Morgan fingerprint density at radius 2 is 1.79 bits per heavy atom. The molecule has 78 valence electrons. The van der Waals surface area contributed by atoms with Gasteiger partial charge < -0.3 is 5.32 Å². The average Bonchev–Trinajstić information content (AvgIpc) is 2.26. The number of alkyl halides is 1. The van der Waals surface area contributed by atoms with E-state index in [0.717, 1.165) is 6.54 Å². The lowest BCUT2D eigenvalue weighted by atomic mass is 10.1. The van der Waals surface area contributed by atoms with Gasteiger partial charge in [-0.25, -0.2) is 0 Å². The van der Waals surface area contributed by atoms with Gasteiger partial charge in [-0.2, -0.15) is 0 Å². The van der Waals surface area contributed by atoms with Gasteiger partial charge in [0.2, 0.25) is 0 Å². The van der Waals surface area contributed by atoms with Crippen LogP contribution in [0.4, 0.5) is 0 Å². The number of benzene rings is 1. The van der Waals surface area contributed by atoms with Gasteiger partial charge in [0.25, 0.3) is 0 Å². The Labute approximate surface area is 91.5 Å². The first kappa shape index (κ1) is 11.5. The minimum Gasteiger partial charge on any atom is -0.310 e. The molecule has 0 aliphatic heterocycles. The molecule has 1 N–H and O–H groups in total. The van der Waals surface area contributed by atoms with Crippen molar-refractivity contribution < 1.29 is 0 Å². The molecule has 1 rings (SSSR count). The largest absolute Gasteiger partial charge is 0.310 e. The second kappa shape index (κ2) is 6.05. The summed E-state index contributed by atoms with van der Waals surface area (Å²) in [6, 6.07) is 9.02. The van der Waals surface area contributed by atoms with Crippen LogP contribution in [0, 0.1) is 0 Å². The summed E-state index contributed by atoms with van der Waals surface area (Å²) < 4.78 is 0. The third-order valence-electron chi connectivity index (χ3n) is 2.44. The van der Waals surface area contributed by atoms with E-state index in [-0.39, 0.29) is 0 Å². The van der Waals surface area contributed by atoms with E-state index >= 15 is 0 Å². The van der Waals surface area contributed by atoms with Crippen LogP contribution in [0.25, 0.3) is 0 Å². The van der Waals surface area contributed by atoms with Crippen molar-refractivity contribution in [2.24, 2.45) is 0 Å². The lowest BCUT2D eigenvalue weighted by Crippen LogP contribution is -2.24. The Morgan fingerprint density at radius 3 is 2.29 bits per heavy atom. The highest BCUT2D eigenvalue weighted by atomic mass is 35.5. The van der Waals surface area contributed by atoms with E-state index in [1.54, 1.807) is 0 Å². The van der Waals surface area contributed by atoms with Gasteiger partial charge in [0, 0.05) is 18.5 Å². The second-order valence-corrected chi connectivity index (χ2v) is 3.91. The molecule has 0 aliphatic rings. The van der Waals surface area contributed by atoms with E-state index in [9.17, 15) is 0 Å². The monoisotopic (exact) mass is 211 g/mol. The van der Waals surface area contributed by atoms with E-state index in [1.807, 2.05) is 0 Å². The lowest BCUT2D eigenvalue weighted by molar-refractivity contribution is 0.534. The highest BCUT2D eigenvalue weighted by Crippen LogP contribution is 2.06. The molecule has 0 spiro atoms. The van der Waals surface area contributed by atoms with E-state index in [0.29, 0.717) is 11.9 Å². The summed E-state index contributed by atoms with van der Waals surface area (Å²) in [5.41, 5.74) is 2.50. The SMILES string of the molecule is CCC(C)NCc1ccc(CCl)cc1.